The summed E-state index contributed by atoms with van der Waals surface area (Å²) in [5, 5.41) is 3.40. The number of hydrogen-bond donors (Lipinski definition) is 2. The molecule has 4 nitrogen and oxygen atoms in total. The summed E-state index contributed by atoms with van der Waals surface area (Å²) in [4.78, 5) is 4.35. The van der Waals surface area contributed by atoms with E-state index < -0.39 is 0 Å². The first-order valence-electron chi connectivity index (χ1n) is 6.22. The summed E-state index contributed by atoms with van der Waals surface area (Å²) >= 11 is 0. The average molecular weight is 251 g/mol. The molecule has 4 heteroatoms. The molecule has 1 aromatic heterocycles. The van der Waals surface area contributed by atoms with Gasteiger partial charge in [-0.05, 0) is 31.7 Å². The Morgan fingerprint density at radius 3 is 2.33 bits per heavy atom. The van der Waals surface area contributed by atoms with Crippen LogP contribution in [-0.2, 0) is 0 Å². The molecule has 1 heterocycles. The van der Waals surface area contributed by atoms with E-state index in [1.165, 1.54) is 0 Å². The third-order valence-electron chi connectivity index (χ3n) is 2.54. The van der Waals surface area contributed by atoms with Gasteiger partial charge in [0.1, 0.15) is 0 Å². The van der Waals surface area contributed by atoms with Gasteiger partial charge in [0, 0.05) is 11.6 Å². The van der Waals surface area contributed by atoms with Gasteiger partial charge in [-0.3, -0.25) is 0 Å². The van der Waals surface area contributed by atoms with E-state index in [1.807, 2.05) is 0 Å². The maximum absolute atomic E-state index is 5.93. The van der Waals surface area contributed by atoms with Gasteiger partial charge in [0.05, 0.1) is 12.8 Å². The van der Waals surface area contributed by atoms with Gasteiger partial charge in [0.2, 0.25) is 5.88 Å². The number of nitrogen functional groups attached to an aromatic ring is 1. The van der Waals surface area contributed by atoms with Crippen LogP contribution in [0.25, 0.3) is 0 Å². The number of aromatic nitrogens is 1. The fourth-order valence-corrected chi connectivity index (χ4v) is 2.36. The Labute approximate surface area is 110 Å². The molecule has 1 rings (SSSR count). The van der Waals surface area contributed by atoms with Crippen molar-refractivity contribution in [3.05, 3.63) is 12.1 Å². The summed E-state index contributed by atoms with van der Waals surface area (Å²) in [5.41, 5.74) is 6.73. The van der Waals surface area contributed by atoms with E-state index in [0.29, 0.717) is 17.4 Å². The molecule has 0 bridgehead atoms. The standard InChI is InChI=1S/C14H25N3O/c1-13(2,3)9-14(4,5)17-12-10(15)7-8-11(16-12)18-6/h7-8H,9,15H2,1-6H3,(H,16,17). The monoisotopic (exact) mass is 251 g/mol. The molecule has 0 radical (unpaired) electrons. The van der Waals surface area contributed by atoms with Crippen molar-refractivity contribution in [2.45, 2.75) is 46.6 Å². The first kappa shape index (κ1) is 14.6. The van der Waals surface area contributed by atoms with Crippen LogP contribution in [0.15, 0.2) is 12.1 Å². The van der Waals surface area contributed by atoms with Crippen LogP contribution >= 0.6 is 0 Å². The van der Waals surface area contributed by atoms with Crippen molar-refractivity contribution in [2.75, 3.05) is 18.2 Å². The van der Waals surface area contributed by atoms with Gasteiger partial charge in [-0.2, -0.15) is 4.98 Å². The van der Waals surface area contributed by atoms with Crippen molar-refractivity contribution in [1.29, 1.82) is 0 Å². The maximum Gasteiger partial charge on any atom is 0.215 e. The highest BCUT2D eigenvalue weighted by atomic mass is 16.5. The maximum atomic E-state index is 5.93. The van der Waals surface area contributed by atoms with Crippen LogP contribution in [0.5, 0.6) is 5.88 Å². The molecule has 3 N–H and O–H groups in total. The van der Waals surface area contributed by atoms with Crippen LogP contribution in [0.4, 0.5) is 11.5 Å². The first-order valence-corrected chi connectivity index (χ1v) is 6.22. The van der Waals surface area contributed by atoms with E-state index >= 15 is 0 Å². The third kappa shape index (κ3) is 4.43. The van der Waals surface area contributed by atoms with Crippen molar-refractivity contribution in [3.63, 3.8) is 0 Å². The molecule has 1 aromatic rings. The Morgan fingerprint density at radius 1 is 1.22 bits per heavy atom. The predicted octanol–water partition coefficient (Wildman–Crippen LogP) is 3.30. The molecular weight excluding hydrogens is 226 g/mol. The largest absolute Gasteiger partial charge is 0.481 e. The highest BCUT2D eigenvalue weighted by molar-refractivity contribution is 5.62. The molecule has 0 unspecified atom stereocenters. The van der Waals surface area contributed by atoms with E-state index in [9.17, 15) is 0 Å². The number of anilines is 2. The Morgan fingerprint density at radius 2 is 1.83 bits per heavy atom. The number of rotatable bonds is 4. The predicted molar refractivity (Wildman–Crippen MR) is 77.0 cm³/mol. The Bertz CT molecular complexity index is 408. The molecular formula is C14H25N3O. The normalized spacial score (nSPS) is 12.3. The van der Waals surface area contributed by atoms with Crippen molar-refractivity contribution >= 4 is 11.5 Å². The fraction of sp³-hybridized carbons (Fsp3) is 0.643. The minimum Gasteiger partial charge on any atom is -0.481 e. The van der Waals surface area contributed by atoms with Crippen molar-refractivity contribution < 1.29 is 4.74 Å². The smallest absolute Gasteiger partial charge is 0.215 e. The molecule has 18 heavy (non-hydrogen) atoms. The lowest BCUT2D eigenvalue weighted by Crippen LogP contribution is -2.36. The first-order chi connectivity index (χ1) is 8.13. The van der Waals surface area contributed by atoms with Gasteiger partial charge in [-0.15, -0.1) is 0 Å². The van der Waals surface area contributed by atoms with Crippen LogP contribution in [0.1, 0.15) is 41.0 Å². The zero-order valence-corrected chi connectivity index (χ0v) is 12.3. The molecule has 0 aromatic carbocycles. The minimum atomic E-state index is -0.0776. The van der Waals surface area contributed by atoms with Crippen LogP contribution in [0.2, 0.25) is 0 Å². The highest BCUT2D eigenvalue weighted by Gasteiger charge is 2.26. The third-order valence-corrected chi connectivity index (χ3v) is 2.54. The quantitative estimate of drug-likeness (QED) is 0.862. The SMILES string of the molecule is COc1ccc(N)c(NC(C)(C)CC(C)(C)C)n1. The molecule has 102 valence electrons. The van der Waals surface area contributed by atoms with Crippen molar-refractivity contribution in [1.82, 2.24) is 4.98 Å². The molecule has 0 fully saturated rings. The molecule has 0 aliphatic rings. The lowest BCUT2D eigenvalue weighted by Gasteiger charge is -2.34. The Hall–Kier alpha value is -1.45. The number of pyridine rings is 1. The molecule has 0 saturated heterocycles. The van der Waals surface area contributed by atoms with E-state index in [4.69, 9.17) is 10.5 Å². The molecule has 0 saturated carbocycles. The molecule has 0 aliphatic heterocycles. The lowest BCUT2D eigenvalue weighted by molar-refractivity contribution is 0.302. The second-order valence-electron chi connectivity index (χ2n) is 6.54. The minimum absolute atomic E-state index is 0.0776. The zero-order valence-electron chi connectivity index (χ0n) is 12.3. The molecule has 0 amide bonds. The van der Waals surface area contributed by atoms with E-state index in [0.717, 1.165) is 6.42 Å². The van der Waals surface area contributed by atoms with Gasteiger partial charge in [0.15, 0.2) is 5.82 Å². The van der Waals surface area contributed by atoms with Gasteiger partial charge in [-0.25, -0.2) is 0 Å². The Kier molecular flexibility index (Phi) is 4.09. The number of nitrogens with one attached hydrogen (secondary N) is 1. The average Bonchev–Trinajstić information content (AvgIpc) is 2.17. The second-order valence-corrected chi connectivity index (χ2v) is 6.54. The summed E-state index contributed by atoms with van der Waals surface area (Å²) in [7, 11) is 1.60. The lowest BCUT2D eigenvalue weighted by atomic mass is 9.82. The highest BCUT2D eigenvalue weighted by Crippen LogP contribution is 2.31. The fourth-order valence-electron chi connectivity index (χ4n) is 2.36. The number of nitrogens with two attached hydrogens (primary N) is 1. The van der Waals surface area contributed by atoms with Crippen LogP contribution in [-0.4, -0.2) is 17.6 Å². The van der Waals surface area contributed by atoms with Crippen LogP contribution < -0.4 is 15.8 Å². The second kappa shape index (κ2) is 5.04. The number of hydrogen-bond acceptors (Lipinski definition) is 4. The van der Waals surface area contributed by atoms with Crippen LogP contribution in [0.3, 0.4) is 0 Å². The van der Waals surface area contributed by atoms with Crippen LogP contribution in [0, 0.1) is 5.41 Å². The molecule has 0 atom stereocenters. The summed E-state index contributed by atoms with van der Waals surface area (Å²) in [6.45, 7) is 11.0. The van der Waals surface area contributed by atoms with Gasteiger partial charge in [0.25, 0.3) is 0 Å². The Balaban J connectivity index is 2.89. The van der Waals surface area contributed by atoms with Crippen molar-refractivity contribution in [3.8, 4) is 5.88 Å². The number of ether oxygens (including phenoxy) is 1. The zero-order chi connectivity index (χ0) is 14.0. The summed E-state index contributed by atoms with van der Waals surface area (Å²) < 4.78 is 5.12. The van der Waals surface area contributed by atoms with E-state index in [-0.39, 0.29) is 11.0 Å². The topological polar surface area (TPSA) is 60.2 Å². The van der Waals surface area contributed by atoms with E-state index in [2.05, 4.69) is 44.9 Å². The summed E-state index contributed by atoms with van der Waals surface area (Å²) in [5.74, 6) is 1.25. The van der Waals surface area contributed by atoms with Crippen molar-refractivity contribution in [2.24, 2.45) is 5.41 Å². The van der Waals surface area contributed by atoms with E-state index in [1.54, 1.807) is 19.2 Å². The molecule has 0 aliphatic carbocycles. The summed E-state index contributed by atoms with van der Waals surface area (Å²) in [6.07, 6.45) is 1.01. The number of methoxy groups -OCH3 is 1. The number of nitrogens with zero attached hydrogens (tertiary/aromatic N) is 1. The summed E-state index contributed by atoms with van der Waals surface area (Å²) in [6, 6.07) is 3.57. The van der Waals surface area contributed by atoms with Gasteiger partial charge in [-0.1, -0.05) is 20.8 Å². The van der Waals surface area contributed by atoms with Gasteiger partial charge < -0.3 is 15.8 Å². The van der Waals surface area contributed by atoms with Gasteiger partial charge >= 0.3 is 0 Å². The molecule has 0 spiro atoms.